The minimum atomic E-state index is -0.133. The smallest absolute Gasteiger partial charge is 0.146 e. The van der Waals surface area contributed by atoms with Crippen LogP contribution in [0.4, 0.5) is 10.1 Å². The number of aromatic amines is 1. The van der Waals surface area contributed by atoms with E-state index >= 15 is 0 Å². The average Bonchev–Trinajstić information content (AvgIpc) is 2.90. The molecule has 1 aromatic heterocycles. The first-order valence-corrected chi connectivity index (χ1v) is 6.39. The van der Waals surface area contributed by atoms with Gasteiger partial charge < -0.3 is 9.88 Å². The minimum Gasteiger partial charge on any atom is -0.360 e. The number of halogens is 1. The molecule has 4 heteroatoms. The molecule has 0 radical (unpaired) electrons. The van der Waals surface area contributed by atoms with Gasteiger partial charge >= 0.3 is 0 Å². The van der Waals surface area contributed by atoms with Gasteiger partial charge in [0, 0.05) is 12.5 Å². The van der Waals surface area contributed by atoms with Crippen LogP contribution in [0.2, 0.25) is 0 Å². The van der Waals surface area contributed by atoms with E-state index in [-0.39, 0.29) is 11.9 Å². The van der Waals surface area contributed by atoms with Crippen molar-refractivity contribution < 1.29 is 4.39 Å². The maximum absolute atomic E-state index is 13.9. The van der Waals surface area contributed by atoms with E-state index in [1.54, 1.807) is 12.4 Å². The van der Waals surface area contributed by atoms with Crippen LogP contribution in [0.1, 0.15) is 36.2 Å². The molecule has 1 N–H and O–H groups in total. The standard InChI is InChI=1S/C14H14FN3/c15-10-3-1-2-4-11(10)18-7-9-5-6-12(18)14-13(9)16-8-17-14/h1-4,8-9,12H,5-7H2,(H,16,17). The number of imidazole rings is 1. The number of hydrogen-bond acceptors (Lipinski definition) is 2. The number of hydrogen-bond donors (Lipinski definition) is 1. The molecule has 3 nitrogen and oxygen atoms in total. The normalized spacial score (nSPS) is 25.3. The average molecular weight is 243 g/mol. The highest BCUT2D eigenvalue weighted by Crippen LogP contribution is 2.47. The van der Waals surface area contributed by atoms with E-state index in [2.05, 4.69) is 14.9 Å². The summed E-state index contributed by atoms with van der Waals surface area (Å²) in [5.41, 5.74) is 3.09. The van der Waals surface area contributed by atoms with Crippen LogP contribution >= 0.6 is 0 Å². The minimum absolute atomic E-state index is 0.133. The molecule has 2 unspecified atom stereocenters. The second kappa shape index (κ2) is 3.57. The highest BCUT2D eigenvalue weighted by Gasteiger charge is 2.40. The summed E-state index contributed by atoms with van der Waals surface area (Å²) < 4.78 is 13.9. The lowest BCUT2D eigenvalue weighted by Crippen LogP contribution is -2.43. The zero-order chi connectivity index (χ0) is 12.1. The molecular weight excluding hydrogens is 229 g/mol. The molecule has 3 heterocycles. The summed E-state index contributed by atoms with van der Waals surface area (Å²) in [6.45, 7) is 0.878. The molecule has 1 saturated heterocycles. The molecule has 2 aliphatic heterocycles. The van der Waals surface area contributed by atoms with Gasteiger partial charge in [0.25, 0.3) is 0 Å². The van der Waals surface area contributed by atoms with Gasteiger partial charge in [-0.2, -0.15) is 0 Å². The number of rotatable bonds is 1. The Hall–Kier alpha value is -1.84. The van der Waals surface area contributed by atoms with Gasteiger partial charge in [0.05, 0.1) is 29.4 Å². The predicted octanol–water partition coefficient (Wildman–Crippen LogP) is 2.99. The number of H-pyrrole nitrogens is 1. The fourth-order valence-corrected chi connectivity index (χ4v) is 3.35. The summed E-state index contributed by atoms with van der Waals surface area (Å²) in [7, 11) is 0. The van der Waals surface area contributed by atoms with Crippen LogP contribution in [0.25, 0.3) is 0 Å². The maximum atomic E-state index is 13.9. The van der Waals surface area contributed by atoms with E-state index in [1.807, 2.05) is 12.1 Å². The molecule has 0 spiro atoms. The fraction of sp³-hybridized carbons (Fsp3) is 0.357. The highest BCUT2D eigenvalue weighted by atomic mass is 19.1. The maximum Gasteiger partial charge on any atom is 0.146 e. The van der Waals surface area contributed by atoms with Crippen molar-refractivity contribution in [2.75, 3.05) is 11.4 Å². The number of para-hydroxylation sites is 1. The molecule has 0 amide bonds. The SMILES string of the molecule is Fc1ccccc1N1CC2CCC1c1[nH]cnc12. The summed E-state index contributed by atoms with van der Waals surface area (Å²) in [6.07, 6.45) is 4.00. The number of aromatic nitrogens is 2. The van der Waals surface area contributed by atoms with Crippen molar-refractivity contribution >= 4 is 5.69 Å². The Morgan fingerprint density at radius 3 is 3.06 bits per heavy atom. The third-order valence-corrected chi connectivity index (χ3v) is 4.16. The quantitative estimate of drug-likeness (QED) is 0.835. The third-order valence-electron chi connectivity index (χ3n) is 4.16. The summed E-state index contributed by atoms with van der Waals surface area (Å²) in [6, 6.07) is 7.29. The van der Waals surface area contributed by atoms with Crippen molar-refractivity contribution in [3.63, 3.8) is 0 Å². The molecule has 2 bridgehead atoms. The van der Waals surface area contributed by atoms with Gasteiger partial charge in [-0.1, -0.05) is 12.1 Å². The second-order valence-electron chi connectivity index (χ2n) is 5.10. The van der Waals surface area contributed by atoms with Crippen LogP contribution in [0, 0.1) is 5.82 Å². The second-order valence-corrected chi connectivity index (χ2v) is 5.10. The molecule has 1 aliphatic carbocycles. The number of benzene rings is 1. The van der Waals surface area contributed by atoms with Crippen molar-refractivity contribution in [3.05, 3.63) is 47.8 Å². The van der Waals surface area contributed by atoms with Crippen LogP contribution in [0.5, 0.6) is 0 Å². The summed E-state index contributed by atoms with van der Waals surface area (Å²) in [5, 5.41) is 0. The van der Waals surface area contributed by atoms with Crippen molar-refractivity contribution in [1.82, 2.24) is 9.97 Å². The Bertz CT molecular complexity index is 592. The van der Waals surface area contributed by atoms with E-state index in [1.165, 1.54) is 17.5 Å². The van der Waals surface area contributed by atoms with Crippen LogP contribution in [0.15, 0.2) is 30.6 Å². The summed E-state index contributed by atoms with van der Waals surface area (Å²) in [4.78, 5) is 9.83. The lowest BCUT2D eigenvalue weighted by atomic mass is 9.80. The van der Waals surface area contributed by atoms with E-state index in [0.717, 1.165) is 19.4 Å². The van der Waals surface area contributed by atoms with Crippen LogP contribution in [-0.4, -0.2) is 16.5 Å². The monoisotopic (exact) mass is 243 g/mol. The Balaban J connectivity index is 1.81. The van der Waals surface area contributed by atoms with Crippen molar-refractivity contribution in [2.24, 2.45) is 0 Å². The predicted molar refractivity (Wildman–Crippen MR) is 67.0 cm³/mol. The Kier molecular flexibility index (Phi) is 2.01. The molecule has 18 heavy (non-hydrogen) atoms. The Morgan fingerprint density at radius 2 is 2.17 bits per heavy atom. The van der Waals surface area contributed by atoms with Gasteiger partial charge in [-0.3, -0.25) is 0 Å². The molecule has 3 aliphatic rings. The molecule has 92 valence electrons. The van der Waals surface area contributed by atoms with Gasteiger partial charge in [-0.05, 0) is 25.0 Å². The lowest BCUT2D eigenvalue weighted by Gasteiger charge is -2.45. The molecule has 2 atom stereocenters. The van der Waals surface area contributed by atoms with E-state index in [9.17, 15) is 4.39 Å². The van der Waals surface area contributed by atoms with Crippen molar-refractivity contribution in [1.29, 1.82) is 0 Å². The van der Waals surface area contributed by atoms with E-state index < -0.39 is 0 Å². The van der Waals surface area contributed by atoms with Crippen molar-refractivity contribution in [2.45, 2.75) is 24.8 Å². The third kappa shape index (κ3) is 1.26. The van der Waals surface area contributed by atoms with Gasteiger partial charge in [-0.15, -0.1) is 0 Å². The van der Waals surface area contributed by atoms with Crippen LogP contribution < -0.4 is 4.90 Å². The Morgan fingerprint density at radius 1 is 1.28 bits per heavy atom. The molecule has 5 rings (SSSR count). The first-order chi connectivity index (χ1) is 8.84. The van der Waals surface area contributed by atoms with E-state index in [0.29, 0.717) is 11.6 Å². The number of anilines is 1. The first-order valence-electron chi connectivity index (χ1n) is 6.39. The lowest BCUT2D eigenvalue weighted by molar-refractivity contribution is 0.375. The van der Waals surface area contributed by atoms with Gasteiger partial charge in [0.15, 0.2) is 0 Å². The zero-order valence-corrected chi connectivity index (χ0v) is 9.94. The summed E-state index contributed by atoms with van der Waals surface area (Å²) in [5.74, 6) is 0.307. The number of nitrogens with zero attached hydrogens (tertiary/aromatic N) is 2. The number of nitrogens with one attached hydrogen (secondary N) is 1. The number of piperidine rings is 1. The molecule has 2 aromatic rings. The van der Waals surface area contributed by atoms with Gasteiger partial charge in [0.1, 0.15) is 5.82 Å². The van der Waals surface area contributed by atoms with Gasteiger partial charge in [0.2, 0.25) is 0 Å². The van der Waals surface area contributed by atoms with Gasteiger partial charge in [-0.25, -0.2) is 9.37 Å². The van der Waals surface area contributed by atoms with Crippen LogP contribution in [0.3, 0.4) is 0 Å². The highest BCUT2D eigenvalue weighted by molar-refractivity contribution is 5.53. The summed E-state index contributed by atoms with van der Waals surface area (Å²) >= 11 is 0. The molecular formula is C14H14FN3. The first kappa shape index (κ1) is 10.1. The fourth-order valence-electron chi connectivity index (χ4n) is 3.35. The molecule has 1 fully saturated rings. The molecule has 0 saturated carbocycles. The largest absolute Gasteiger partial charge is 0.360 e. The van der Waals surface area contributed by atoms with E-state index in [4.69, 9.17) is 0 Å². The van der Waals surface area contributed by atoms with Crippen molar-refractivity contribution in [3.8, 4) is 0 Å². The molecule has 1 aromatic carbocycles. The zero-order valence-electron chi connectivity index (χ0n) is 9.94. The van der Waals surface area contributed by atoms with Crippen LogP contribution in [-0.2, 0) is 0 Å². The topological polar surface area (TPSA) is 31.9 Å². The Labute approximate surface area is 105 Å². The number of fused-ring (bicyclic) bond motifs is 2.